The number of ether oxygens (including phenoxy) is 1. The van der Waals surface area contributed by atoms with E-state index in [1.807, 2.05) is 44.2 Å². The number of Topliss-reactive ketones (excluding diaryl/α,β-unsaturated/α-hetero) is 1. The van der Waals surface area contributed by atoms with E-state index in [4.69, 9.17) is 9.84 Å². The van der Waals surface area contributed by atoms with E-state index < -0.39 is 17.7 Å². The zero-order valence-electron chi connectivity index (χ0n) is 19.3. The van der Waals surface area contributed by atoms with Gasteiger partial charge in [-0.1, -0.05) is 57.2 Å². The smallest absolute Gasteiger partial charge is 0.341 e. The molecule has 0 saturated carbocycles. The molecule has 0 spiro atoms. The summed E-state index contributed by atoms with van der Waals surface area (Å²) >= 11 is 0. The van der Waals surface area contributed by atoms with Gasteiger partial charge >= 0.3 is 5.97 Å². The van der Waals surface area contributed by atoms with Gasteiger partial charge in [0.15, 0.2) is 6.61 Å². The van der Waals surface area contributed by atoms with Crippen molar-refractivity contribution in [2.45, 2.75) is 47.6 Å². The van der Waals surface area contributed by atoms with Gasteiger partial charge in [-0.25, -0.2) is 4.79 Å². The topological polar surface area (TPSA) is 112 Å². The second-order valence-electron chi connectivity index (χ2n) is 6.75. The van der Waals surface area contributed by atoms with Crippen LogP contribution in [0, 0.1) is 6.92 Å². The zero-order chi connectivity index (χ0) is 24.3. The summed E-state index contributed by atoms with van der Waals surface area (Å²) in [4.78, 5) is 30.1. The number of aryl methyl sites for hydroxylation is 1. The summed E-state index contributed by atoms with van der Waals surface area (Å²) < 4.78 is 7.81. The summed E-state index contributed by atoms with van der Waals surface area (Å²) in [5.74, 6) is -1.82. The van der Waals surface area contributed by atoms with E-state index in [0.29, 0.717) is 5.75 Å². The number of primary amides is 1. The highest BCUT2D eigenvalue weighted by atomic mass is 16.5. The first-order chi connectivity index (χ1) is 15.3. The molecular weight excluding hydrogens is 408 g/mol. The van der Waals surface area contributed by atoms with E-state index >= 15 is 0 Å². The van der Waals surface area contributed by atoms with Crippen molar-refractivity contribution in [1.29, 1.82) is 0 Å². The van der Waals surface area contributed by atoms with E-state index in [1.54, 1.807) is 0 Å². The number of amides is 1. The Kier molecular flexibility index (Phi) is 10.7. The molecule has 32 heavy (non-hydrogen) atoms. The van der Waals surface area contributed by atoms with Gasteiger partial charge in [-0.15, -0.1) is 0 Å². The van der Waals surface area contributed by atoms with Crippen LogP contribution in [0.1, 0.15) is 44.5 Å². The third kappa shape index (κ3) is 6.97. The van der Waals surface area contributed by atoms with E-state index in [0.717, 1.165) is 36.4 Å². The van der Waals surface area contributed by atoms with E-state index in [2.05, 4.69) is 42.3 Å². The number of carboxylic acids is 1. The maximum Gasteiger partial charge on any atom is 0.341 e. The number of benzene rings is 2. The van der Waals surface area contributed by atoms with Crippen molar-refractivity contribution in [3.63, 3.8) is 0 Å². The summed E-state index contributed by atoms with van der Waals surface area (Å²) in [5, 5.41) is 9.89. The summed E-state index contributed by atoms with van der Waals surface area (Å²) in [5.41, 5.74) is 9.17. The molecular formula is C25H32N2O5. The number of carbonyl (C=O) groups is 3. The molecule has 3 rings (SSSR count). The highest BCUT2D eigenvalue weighted by Crippen LogP contribution is 2.34. The minimum atomic E-state index is -0.968. The predicted molar refractivity (Wildman–Crippen MR) is 126 cm³/mol. The first kappa shape index (κ1) is 26.4. The number of carbonyl (C=O) groups excluding carboxylic acids is 2. The van der Waals surface area contributed by atoms with Crippen molar-refractivity contribution in [1.82, 2.24) is 4.57 Å². The highest BCUT2D eigenvalue weighted by Gasteiger charge is 2.17. The fourth-order valence-corrected chi connectivity index (χ4v) is 3.28. The molecule has 0 atom stereocenters. The van der Waals surface area contributed by atoms with E-state index in [1.165, 1.54) is 11.3 Å². The number of hydrogen-bond donors (Lipinski definition) is 2. The number of nitrogens with zero attached hydrogens (tertiary/aromatic N) is 1. The molecule has 0 saturated heterocycles. The fourth-order valence-electron chi connectivity index (χ4n) is 3.28. The van der Waals surface area contributed by atoms with Crippen LogP contribution >= 0.6 is 0 Å². The molecule has 0 fully saturated rings. The quantitative estimate of drug-likeness (QED) is 0.537. The SMILES string of the molecule is CC.CC(=O)C(N)=O.CCc1c(C)c2c(OCC(=O)O)cccc2n1Cc1ccccc1. The molecule has 0 aliphatic rings. The van der Waals surface area contributed by atoms with Crippen LogP contribution in [0.4, 0.5) is 0 Å². The third-order valence-electron chi connectivity index (χ3n) is 4.65. The maximum absolute atomic E-state index is 10.8. The average molecular weight is 441 g/mol. The van der Waals surface area contributed by atoms with E-state index in [9.17, 15) is 14.4 Å². The minimum absolute atomic E-state index is 0.329. The molecule has 1 aromatic heterocycles. The number of hydrogen-bond acceptors (Lipinski definition) is 4. The van der Waals surface area contributed by atoms with Gasteiger partial charge in [0.1, 0.15) is 5.75 Å². The van der Waals surface area contributed by atoms with Crippen molar-refractivity contribution < 1.29 is 24.2 Å². The lowest BCUT2D eigenvalue weighted by atomic mass is 10.1. The molecule has 0 radical (unpaired) electrons. The number of fused-ring (bicyclic) bond motifs is 1. The number of nitrogens with two attached hydrogens (primary N) is 1. The first-order valence-electron chi connectivity index (χ1n) is 10.6. The van der Waals surface area contributed by atoms with Gasteiger partial charge in [0.25, 0.3) is 5.91 Å². The number of rotatable bonds is 7. The van der Waals surface area contributed by atoms with Crippen molar-refractivity contribution in [3.8, 4) is 5.75 Å². The Morgan fingerprint density at radius 2 is 1.62 bits per heavy atom. The molecule has 3 N–H and O–H groups in total. The summed E-state index contributed by atoms with van der Waals surface area (Å²) in [7, 11) is 0. The standard InChI is InChI=1S/C20H21NO3.C3H5NO2.C2H6/c1-3-16-14(2)20-17(10-7-11-18(20)24-13-19(22)23)21(16)12-15-8-5-4-6-9-15;1-2(5)3(4)6;1-2/h4-11H,3,12-13H2,1-2H3,(H,22,23);1H3,(H2,4,6);1-2H3. The Balaban J connectivity index is 0.000000556. The number of ketones is 1. The molecule has 0 aliphatic heterocycles. The van der Waals surface area contributed by atoms with Gasteiger partial charge in [0.2, 0.25) is 5.78 Å². The molecule has 7 nitrogen and oxygen atoms in total. The first-order valence-corrected chi connectivity index (χ1v) is 10.6. The van der Waals surface area contributed by atoms with Crippen molar-refractivity contribution in [2.24, 2.45) is 5.73 Å². The van der Waals surface area contributed by atoms with Crippen LogP contribution in [0.3, 0.4) is 0 Å². The van der Waals surface area contributed by atoms with Gasteiger partial charge in [0, 0.05) is 24.5 Å². The Bertz CT molecular complexity index is 1040. The molecule has 3 aromatic rings. The lowest BCUT2D eigenvalue weighted by molar-refractivity contribution is -0.139. The second kappa shape index (κ2) is 12.9. The lowest BCUT2D eigenvalue weighted by Crippen LogP contribution is -2.19. The van der Waals surface area contributed by atoms with Crippen LogP contribution in [0.5, 0.6) is 5.75 Å². The minimum Gasteiger partial charge on any atom is -0.481 e. The van der Waals surface area contributed by atoms with Gasteiger partial charge < -0.3 is 20.1 Å². The molecule has 0 aliphatic carbocycles. The van der Waals surface area contributed by atoms with Crippen molar-refractivity contribution in [2.75, 3.05) is 6.61 Å². The van der Waals surface area contributed by atoms with E-state index in [-0.39, 0.29) is 6.61 Å². The summed E-state index contributed by atoms with van der Waals surface area (Å²) in [6.07, 6.45) is 0.908. The Morgan fingerprint density at radius 1 is 1.03 bits per heavy atom. The van der Waals surface area contributed by atoms with Crippen molar-refractivity contribution in [3.05, 3.63) is 65.4 Å². The number of aromatic nitrogens is 1. The highest BCUT2D eigenvalue weighted by molar-refractivity contribution is 6.34. The van der Waals surface area contributed by atoms with Crippen molar-refractivity contribution >= 4 is 28.6 Å². The normalized spacial score (nSPS) is 9.78. The van der Waals surface area contributed by atoms with Gasteiger partial charge in [-0.05, 0) is 36.6 Å². The van der Waals surface area contributed by atoms with Crippen LogP contribution in [0.15, 0.2) is 48.5 Å². The van der Waals surface area contributed by atoms with Gasteiger partial charge in [0.05, 0.1) is 5.52 Å². The fraction of sp³-hybridized carbons (Fsp3) is 0.320. The molecule has 1 amide bonds. The Morgan fingerprint density at radius 3 is 2.12 bits per heavy atom. The largest absolute Gasteiger partial charge is 0.481 e. The number of aliphatic carboxylic acids is 1. The monoisotopic (exact) mass is 440 g/mol. The molecule has 0 bridgehead atoms. The summed E-state index contributed by atoms with van der Waals surface area (Å²) in [6.45, 7) is 9.81. The summed E-state index contributed by atoms with van der Waals surface area (Å²) in [6, 6.07) is 16.2. The second-order valence-corrected chi connectivity index (χ2v) is 6.75. The predicted octanol–water partition coefficient (Wildman–Crippen LogP) is 4.11. The lowest BCUT2D eigenvalue weighted by Gasteiger charge is -2.10. The average Bonchev–Trinajstić information content (AvgIpc) is 3.06. The van der Waals surface area contributed by atoms with Crippen LogP contribution < -0.4 is 10.5 Å². The maximum atomic E-state index is 10.8. The van der Waals surface area contributed by atoms with Crippen LogP contribution in [0.25, 0.3) is 10.9 Å². The van der Waals surface area contributed by atoms with Crippen LogP contribution in [-0.4, -0.2) is 33.9 Å². The third-order valence-corrected chi connectivity index (χ3v) is 4.65. The molecule has 1 heterocycles. The molecule has 7 heteroatoms. The number of carboxylic acid groups (broad SMARTS) is 1. The molecule has 172 valence electrons. The molecule has 2 aromatic carbocycles. The zero-order valence-corrected chi connectivity index (χ0v) is 19.3. The van der Waals surface area contributed by atoms with Crippen LogP contribution in [-0.2, 0) is 27.3 Å². The molecule has 0 unspecified atom stereocenters. The van der Waals surface area contributed by atoms with Crippen LogP contribution in [0.2, 0.25) is 0 Å². The van der Waals surface area contributed by atoms with Gasteiger partial charge in [-0.2, -0.15) is 0 Å². The Labute approximate surface area is 188 Å². The van der Waals surface area contributed by atoms with Gasteiger partial charge in [-0.3, -0.25) is 9.59 Å². The Hall–Kier alpha value is -3.61.